The molecule has 9 heteroatoms. The molecule has 0 bridgehead atoms. The van der Waals surface area contributed by atoms with Crippen LogP contribution in [0, 0.1) is 23.7 Å². The number of amides is 1. The van der Waals surface area contributed by atoms with Crippen molar-refractivity contribution in [3.63, 3.8) is 0 Å². The lowest BCUT2D eigenvalue weighted by Gasteiger charge is -2.53. The number of hydrogen-bond acceptors (Lipinski definition) is 6. The summed E-state index contributed by atoms with van der Waals surface area (Å²) in [6.45, 7) is 6.40. The molecule has 3 fully saturated rings. The lowest BCUT2D eigenvalue weighted by atomic mass is 9.63. The highest BCUT2D eigenvalue weighted by Crippen LogP contribution is 2.45. The zero-order chi connectivity index (χ0) is 26.3. The molecule has 2 aliphatic heterocycles. The van der Waals surface area contributed by atoms with Crippen LogP contribution in [0.5, 0.6) is 0 Å². The van der Waals surface area contributed by atoms with Gasteiger partial charge in [-0.15, -0.1) is 0 Å². The number of nitrogens with zero attached hydrogens (tertiary/aromatic N) is 5. The van der Waals surface area contributed by atoms with Gasteiger partial charge in [0, 0.05) is 68.9 Å². The van der Waals surface area contributed by atoms with Gasteiger partial charge in [-0.2, -0.15) is 5.10 Å². The number of piperidine rings is 1. The minimum atomic E-state index is -0.727. The van der Waals surface area contributed by atoms with Gasteiger partial charge in [-0.3, -0.25) is 14.6 Å². The van der Waals surface area contributed by atoms with E-state index >= 15 is 0 Å². The number of aliphatic hydroxyl groups is 1. The Morgan fingerprint density at radius 1 is 1.03 bits per heavy atom. The van der Waals surface area contributed by atoms with E-state index in [2.05, 4.69) is 28.8 Å². The molecule has 200 valence electrons. The van der Waals surface area contributed by atoms with Gasteiger partial charge in [0.1, 0.15) is 5.82 Å². The molecular weight excluding hydrogens is 490 g/mol. The number of carbonyl (C=O) groups is 1. The van der Waals surface area contributed by atoms with Gasteiger partial charge in [-0.25, -0.2) is 4.68 Å². The summed E-state index contributed by atoms with van der Waals surface area (Å²) in [6, 6.07) is 6.94. The summed E-state index contributed by atoms with van der Waals surface area (Å²) < 4.78 is 1.32. The van der Waals surface area contributed by atoms with Crippen LogP contribution in [0.25, 0.3) is 0 Å². The maximum atomic E-state index is 14.1. The molecule has 5 rings (SSSR count). The largest absolute Gasteiger partial charge is 0.389 e. The Morgan fingerprint density at radius 3 is 2.35 bits per heavy atom. The lowest BCUT2D eigenvalue weighted by molar-refractivity contribution is -0.166. The summed E-state index contributed by atoms with van der Waals surface area (Å²) >= 11 is 6.10. The summed E-state index contributed by atoms with van der Waals surface area (Å²) in [6.07, 6.45) is 7.40. The Kier molecular flexibility index (Phi) is 7.33. The van der Waals surface area contributed by atoms with E-state index in [0.29, 0.717) is 42.9 Å². The fourth-order valence-electron chi connectivity index (χ4n) is 7.10. The summed E-state index contributed by atoms with van der Waals surface area (Å²) in [4.78, 5) is 34.6. The second-order valence-corrected chi connectivity index (χ2v) is 11.9. The van der Waals surface area contributed by atoms with Gasteiger partial charge in [0.2, 0.25) is 5.91 Å². The predicted molar refractivity (Wildman–Crippen MR) is 144 cm³/mol. The average Bonchev–Trinajstić information content (AvgIpc) is 3.34. The van der Waals surface area contributed by atoms with E-state index < -0.39 is 5.60 Å². The van der Waals surface area contributed by atoms with Gasteiger partial charge < -0.3 is 14.9 Å². The van der Waals surface area contributed by atoms with Gasteiger partial charge in [-0.05, 0) is 37.0 Å². The summed E-state index contributed by atoms with van der Waals surface area (Å²) in [7, 11) is 1.63. The Balaban J connectivity index is 1.39. The zero-order valence-corrected chi connectivity index (χ0v) is 22.8. The third-order valence-corrected chi connectivity index (χ3v) is 9.40. The molecule has 3 aliphatic rings. The molecule has 1 aliphatic carbocycles. The van der Waals surface area contributed by atoms with Crippen LogP contribution in [-0.4, -0.2) is 62.5 Å². The second-order valence-electron chi connectivity index (χ2n) is 11.4. The van der Waals surface area contributed by atoms with Crippen molar-refractivity contribution in [1.82, 2.24) is 19.7 Å². The maximum Gasteiger partial charge on any atom is 0.266 e. The van der Waals surface area contributed by atoms with Crippen molar-refractivity contribution in [3.8, 4) is 0 Å². The number of likely N-dealkylation sites (tertiary alicyclic amines) is 1. The zero-order valence-electron chi connectivity index (χ0n) is 22.0. The number of aromatic nitrogens is 3. The van der Waals surface area contributed by atoms with Crippen LogP contribution in [-0.2, 0) is 11.8 Å². The van der Waals surface area contributed by atoms with E-state index in [0.717, 1.165) is 18.5 Å². The van der Waals surface area contributed by atoms with Crippen LogP contribution in [0.3, 0.4) is 0 Å². The first-order chi connectivity index (χ1) is 17.7. The van der Waals surface area contributed by atoms with Crippen molar-refractivity contribution < 1.29 is 9.90 Å². The summed E-state index contributed by atoms with van der Waals surface area (Å²) in [5.74, 6) is 0.659. The minimum absolute atomic E-state index is 0.0122. The highest BCUT2D eigenvalue weighted by Gasteiger charge is 2.52. The second kappa shape index (κ2) is 10.4. The Labute approximate surface area is 223 Å². The maximum absolute atomic E-state index is 14.1. The Hall–Kier alpha value is -2.45. The van der Waals surface area contributed by atoms with E-state index in [1.54, 1.807) is 19.3 Å². The number of halogens is 1. The summed E-state index contributed by atoms with van der Waals surface area (Å²) in [5.41, 5.74) is -0.0745. The Morgan fingerprint density at radius 2 is 1.73 bits per heavy atom. The van der Waals surface area contributed by atoms with Crippen molar-refractivity contribution >= 4 is 23.3 Å². The molecule has 1 amide bonds. The monoisotopic (exact) mass is 527 g/mol. The molecule has 37 heavy (non-hydrogen) atoms. The van der Waals surface area contributed by atoms with Crippen molar-refractivity contribution in [2.45, 2.75) is 57.5 Å². The third-order valence-electron chi connectivity index (χ3n) is 9.18. The van der Waals surface area contributed by atoms with Crippen LogP contribution in [0.1, 0.15) is 57.6 Å². The van der Waals surface area contributed by atoms with Gasteiger partial charge in [0.15, 0.2) is 0 Å². The number of aryl methyl sites for hydroxylation is 1. The SMILES string of the molecule is C[C@@H]1CN(C(=O)[C@H]2CN(c3ccc(=O)n(C)n3)C[C@H]2c2ccc(Cl)cn2)C[C@H](C)C1(O)C1CCCCC1. The van der Waals surface area contributed by atoms with E-state index in [9.17, 15) is 14.7 Å². The van der Waals surface area contributed by atoms with Crippen molar-refractivity contribution in [2.75, 3.05) is 31.1 Å². The lowest BCUT2D eigenvalue weighted by Crippen LogP contribution is -2.62. The normalized spacial score (nSPS) is 31.1. The Bertz CT molecular complexity index is 1170. The first-order valence-electron chi connectivity index (χ1n) is 13.6. The predicted octanol–water partition coefficient (Wildman–Crippen LogP) is 3.47. The van der Waals surface area contributed by atoms with Crippen molar-refractivity contribution in [2.24, 2.45) is 30.7 Å². The molecule has 2 saturated heterocycles. The van der Waals surface area contributed by atoms with E-state index in [1.165, 1.54) is 30.0 Å². The molecule has 2 aromatic rings. The molecule has 1 N–H and O–H groups in total. The molecule has 8 nitrogen and oxygen atoms in total. The number of carbonyl (C=O) groups excluding carboxylic acids is 1. The van der Waals surface area contributed by atoms with Crippen LogP contribution in [0.2, 0.25) is 5.02 Å². The molecular formula is C28H38ClN5O3. The first kappa shape index (κ1) is 26.2. The number of pyridine rings is 1. The van der Waals surface area contributed by atoms with E-state index in [4.69, 9.17) is 11.6 Å². The van der Waals surface area contributed by atoms with Crippen LogP contribution >= 0.6 is 11.6 Å². The molecule has 0 radical (unpaired) electrons. The molecule has 2 aromatic heterocycles. The fraction of sp³-hybridized carbons (Fsp3) is 0.643. The van der Waals surface area contributed by atoms with Gasteiger partial charge in [-0.1, -0.05) is 44.7 Å². The number of rotatable bonds is 4. The smallest absolute Gasteiger partial charge is 0.266 e. The van der Waals surface area contributed by atoms with Gasteiger partial charge in [0.05, 0.1) is 16.5 Å². The van der Waals surface area contributed by atoms with Crippen molar-refractivity contribution in [3.05, 3.63) is 51.5 Å². The van der Waals surface area contributed by atoms with Crippen LogP contribution in [0.4, 0.5) is 5.82 Å². The van der Waals surface area contributed by atoms with Gasteiger partial charge in [0.25, 0.3) is 5.56 Å². The first-order valence-corrected chi connectivity index (χ1v) is 14.0. The topological polar surface area (TPSA) is 91.6 Å². The molecule has 0 spiro atoms. The number of anilines is 1. The van der Waals surface area contributed by atoms with Crippen molar-refractivity contribution in [1.29, 1.82) is 0 Å². The van der Waals surface area contributed by atoms with E-state index in [1.807, 2.05) is 17.0 Å². The van der Waals surface area contributed by atoms with Crippen LogP contribution < -0.4 is 10.5 Å². The van der Waals surface area contributed by atoms with Crippen LogP contribution in [0.15, 0.2) is 35.3 Å². The fourth-order valence-corrected chi connectivity index (χ4v) is 7.22. The standard InChI is InChI=1S/C28H38ClN5O3/c1-18-14-34(15-19(2)28(18,37)20-7-5-4-6-8-20)27(36)23-17-33(25-11-12-26(35)32(3)31-25)16-22(23)24-10-9-21(29)13-30-24/h9-13,18-20,22-23,37H,4-8,14-17H2,1-3H3/t18-,19+,22-,23+,28?/m1/s1. The number of hydrogen-bond donors (Lipinski definition) is 1. The molecule has 5 atom stereocenters. The molecule has 1 saturated carbocycles. The van der Waals surface area contributed by atoms with E-state index in [-0.39, 0.29) is 35.1 Å². The highest BCUT2D eigenvalue weighted by atomic mass is 35.5. The highest BCUT2D eigenvalue weighted by molar-refractivity contribution is 6.30. The average molecular weight is 528 g/mol. The molecule has 1 unspecified atom stereocenters. The third kappa shape index (κ3) is 4.90. The molecule has 0 aromatic carbocycles. The summed E-state index contributed by atoms with van der Waals surface area (Å²) in [5, 5.41) is 16.9. The van der Waals surface area contributed by atoms with Gasteiger partial charge >= 0.3 is 0 Å². The molecule has 4 heterocycles. The quantitative estimate of drug-likeness (QED) is 0.654. The minimum Gasteiger partial charge on any atom is -0.389 e.